The average Bonchev–Trinajstić information content (AvgIpc) is 2.75. The Balaban J connectivity index is 2.06. The minimum Gasteiger partial charge on any atom is -0.330 e. The van der Waals surface area contributed by atoms with Crippen LogP contribution < -0.4 is 5.73 Å². The van der Waals surface area contributed by atoms with Crippen LogP contribution in [0, 0.1) is 13.8 Å². The van der Waals surface area contributed by atoms with Crippen molar-refractivity contribution in [3.05, 3.63) is 17.7 Å². The third-order valence-electron chi connectivity index (χ3n) is 4.93. The molecule has 0 amide bonds. The molecular formula is C17H31N3. The largest absolute Gasteiger partial charge is 0.330 e. The van der Waals surface area contributed by atoms with Crippen LogP contribution in [-0.2, 0) is 0 Å². The van der Waals surface area contributed by atoms with Crippen molar-refractivity contribution in [1.29, 1.82) is 0 Å². The lowest BCUT2D eigenvalue weighted by Crippen LogP contribution is -2.32. The van der Waals surface area contributed by atoms with E-state index in [9.17, 15) is 0 Å². The zero-order chi connectivity index (χ0) is 14.4. The van der Waals surface area contributed by atoms with Crippen LogP contribution in [0.4, 0.5) is 0 Å². The van der Waals surface area contributed by atoms with E-state index in [1.165, 1.54) is 63.5 Å². The maximum absolute atomic E-state index is 6.52. The minimum absolute atomic E-state index is 0.279. The lowest BCUT2D eigenvalue weighted by molar-refractivity contribution is 0.338. The van der Waals surface area contributed by atoms with Crippen LogP contribution in [-0.4, -0.2) is 15.6 Å². The van der Waals surface area contributed by atoms with Gasteiger partial charge in [0.2, 0.25) is 0 Å². The number of rotatable bonds is 1. The van der Waals surface area contributed by atoms with E-state index in [-0.39, 0.29) is 6.04 Å². The SMILES string of the molecule is Cc1ncn(C2CCCCCCCCCCC2N)c1C. The highest BCUT2D eigenvalue weighted by Crippen LogP contribution is 2.26. The molecule has 0 spiro atoms. The molecule has 2 atom stereocenters. The number of hydrogen-bond donors (Lipinski definition) is 1. The highest BCUT2D eigenvalue weighted by Gasteiger charge is 2.21. The number of aromatic nitrogens is 2. The van der Waals surface area contributed by atoms with Gasteiger partial charge in [0.25, 0.3) is 0 Å². The smallest absolute Gasteiger partial charge is 0.0954 e. The summed E-state index contributed by atoms with van der Waals surface area (Å²) in [5.41, 5.74) is 8.95. The van der Waals surface area contributed by atoms with Crippen LogP contribution in [0.3, 0.4) is 0 Å². The zero-order valence-corrected chi connectivity index (χ0v) is 13.3. The van der Waals surface area contributed by atoms with Crippen molar-refractivity contribution >= 4 is 0 Å². The second-order valence-electron chi connectivity index (χ2n) is 6.46. The van der Waals surface area contributed by atoms with Crippen molar-refractivity contribution in [2.75, 3.05) is 0 Å². The standard InChI is InChI=1S/C17H31N3/c1-14-15(2)20(13-19-14)17-12-10-8-6-4-3-5-7-9-11-16(17)18/h13,16-17H,3-12,18H2,1-2H3. The molecule has 0 aliphatic heterocycles. The summed E-state index contributed by atoms with van der Waals surface area (Å²) in [6.45, 7) is 4.26. The third-order valence-corrected chi connectivity index (χ3v) is 4.93. The van der Waals surface area contributed by atoms with Crippen LogP contribution in [0.1, 0.15) is 81.6 Å². The molecule has 114 valence electrons. The van der Waals surface area contributed by atoms with Crippen molar-refractivity contribution in [3.63, 3.8) is 0 Å². The first kappa shape index (κ1) is 15.6. The van der Waals surface area contributed by atoms with Gasteiger partial charge in [0.1, 0.15) is 0 Å². The van der Waals surface area contributed by atoms with Crippen LogP contribution in [0.5, 0.6) is 0 Å². The van der Waals surface area contributed by atoms with E-state index in [0.717, 1.165) is 12.1 Å². The topological polar surface area (TPSA) is 43.8 Å². The average molecular weight is 277 g/mol. The summed E-state index contributed by atoms with van der Waals surface area (Å²) >= 11 is 0. The molecule has 0 radical (unpaired) electrons. The Labute approximate surface area is 124 Å². The molecule has 2 unspecified atom stereocenters. The molecule has 1 fully saturated rings. The molecule has 1 saturated carbocycles. The fourth-order valence-corrected chi connectivity index (χ4v) is 3.40. The summed E-state index contributed by atoms with van der Waals surface area (Å²) in [4.78, 5) is 4.46. The van der Waals surface area contributed by atoms with E-state index in [0.29, 0.717) is 6.04 Å². The normalized spacial score (nSPS) is 26.8. The summed E-state index contributed by atoms with van der Waals surface area (Å²) in [5, 5.41) is 0. The zero-order valence-electron chi connectivity index (χ0n) is 13.3. The number of imidazole rings is 1. The predicted octanol–water partition coefficient (Wildman–Crippen LogP) is 4.28. The molecule has 0 bridgehead atoms. The first-order valence-corrected chi connectivity index (χ1v) is 8.45. The van der Waals surface area contributed by atoms with Gasteiger partial charge in [-0.05, 0) is 26.7 Å². The molecule has 1 aliphatic rings. The van der Waals surface area contributed by atoms with Gasteiger partial charge in [-0.2, -0.15) is 0 Å². The molecule has 3 heteroatoms. The van der Waals surface area contributed by atoms with Crippen LogP contribution in [0.25, 0.3) is 0 Å². The monoisotopic (exact) mass is 277 g/mol. The molecule has 2 rings (SSSR count). The van der Waals surface area contributed by atoms with Gasteiger partial charge in [-0.25, -0.2) is 4.98 Å². The maximum atomic E-state index is 6.52. The van der Waals surface area contributed by atoms with E-state index < -0.39 is 0 Å². The lowest BCUT2D eigenvalue weighted by Gasteiger charge is -2.27. The summed E-state index contributed by atoms with van der Waals surface area (Å²) in [7, 11) is 0. The van der Waals surface area contributed by atoms with Gasteiger partial charge in [0.15, 0.2) is 0 Å². The summed E-state index contributed by atoms with van der Waals surface area (Å²) < 4.78 is 2.34. The van der Waals surface area contributed by atoms with Crippen molar-refractivity contribution in [3.8, 4) is 0 Å². The van der Waals surface area contributed by atoms with E-state index in [1.54, 1.807) is 0 Å². The van der Waals surface area contributed by atoms with Crippen molar-refractivity contribution in [2.24, 2.45) is 5.73 Å². The first-order valence-electron chi connectivity index (χ1n) is 8.45. The second-order valence-corrected chi connectivity index (χ2v) is 6.46. The third kappa shape index (κ3) is 4.08. The number of nitrogens with two attached hydrogens (primary N) is 1. The fraction of sp³-hybridized carbons (Fsp3) is 0.824. The quantitative estimate of drug-likeness (QED) is 0.832. The molecule has 20 heavy (non-hydrogen) atoms. The number of hydrogen-bond acceptors (Lipinski definition) is 2. The van der Waals surface area contributed by atoms with Gasteiger partial charge in [-0.1, -0.05) is 51.4 Å². The molecule has 1 aromatic rings. The second kappa shape index (κ2) is 7.82. The predicted molar refractivity (Wildman–Crippen MR) is 84.9 cm³/mol. The highest BCUT2D eigenvalue weighted by atomic mass is 15.1. The summed E-state index contributed by atoms with van der Waals surface area (Å²) in [6.07, 6.45) is 15.3. The summed E-state index contributed by atoms with van der Waals surface area (Å²) in [6, 6.07) is 0.720. The van der Waals surface area contributed by atoms with E-state index in [4.69, 9.17) is 5.73 Å². The van der Waals surface area contributed by atoms with Crippen LogP contribution in [0.15, 0.2) is 6.33 Å². The Morgan fingerprint density at radius 2 is 1.50 bits per heavy atom. The van der Waals surface area contributed by atoms with Crippen molar-refractivity contribution in [1.82, 2.24) is 9.55 Å². The molecule has 1 aliphatic carbocycles. The Kier molecular flexibility index (Phi) is 6.08. The first-order chi connectivity index (χ1) is 9.70. The Morgan fingerprint density at radius 1 is 0.950 bits per heavy atom. The van der Waals surface area contributed by atoms with Crippen LogP contribution >= 0.6 is 0 Å². The van der Waals surface area contributed by atoms with E-state index in [2.05, 4.69) is 23.4 Å². The molecule has 1 heterocycles. The van der Waals surface area contributed by atoms with Gasteiger partial charge < -0.3 is 10.3 Å². The Hall–Kier alpha value is -0.830. The Bertz CT molecular complexity index is 397. The minimum atomic E-state index is 0.279. The molecule has 1 aromatic heterocycles. The van der Waals surface area contributed by atoms with E-state index >= 15 is 0 Å². The number of nitrogens with zero attached hydrogens (tertiary/aromatic N) is 2. The molecular weight excluding hydrogens is 246 g/mol. The van der Waals surface area contributed by atoms with Gasteiger partial charge in [-0.15, -0.1) is 0 Å². The van der Waals surface area contributed by atoms with Crippen molar-refractivity contribution in [2.45, 2.75) is 90.1 Å². The van der Waals surface area contributed by atoms with Gasteiger partial charge in [0.05, 0.1) is 12.0 Å². The molecule has 0 saturated heterocycles. The van der Waals surface area contributed by atoms with Gasteiger partial charge in [-0.3, -0.25) is 0 Å². The van der Waals surface area contributed by atoms with Crippen molar-refractivity contribution < 1.29 is 0 Å². The lowest BCUT2D eigenvalue weighted by atomic mass is 9.94. The van der Waals surface area contributed by atoms with Gasteiger partial charge >= 0.3 is 0 Å². The van der Waals surface area contributed by atoms with E-state index in [1.807, 2.05) is 6.33 Å². The molecule has 3 nitrogen and oxygen atoms in total. The fourth-order valence-electron chi connectivity index (χ4n) is 3.40. The number of aryl methyl sites for hydroxylation is 1. The summed E-state index contributed by atoms with van der Waals surface area (Å²) in [5.74, 6) is 0. The molecule has 2 N–H and O–H groups in total. The molecule has 0 aromatic carbocycles. The maximum Gasteiger partial charge on any atom is 0.0954 e. The van der Waals surface area contributed by atoms with Gasteiger partial charge in [0, 0.05) is 17.8 Å². The Morgan fingerprint density at radius 3 is 2.05 bits per heavy atom. The highest BCUT2D eigenvalue weighted by molar-refractivity contribution is 5.10. The van der Waals surface area contributed by atoms with Crippen LogP contribution in [0.2, 0.25) is 0 Å².